The minimum atomic E-state index is -0.266. The highest BCUT2D eigenvalue weighted by Crippen LogP contribution is 2.36. The van der Waals surface area contributed by atoms with Gasteiger partial charge < -0.3 is 22.1 Å². The fraction of sp³-hybridized carbons (Fsp3) is 0.474. The Morgan fingerprint density at radius 2 is 1.84 bits per heavy atom. The third kappa shape index (κ3) is 6.14. The maximum atomic E-state index is 12.8. The summed E-state index contributed by atoms with van der Waals surface area (Å²) in [4.78, 5) is 16.9. The highest BCUT2D eigenvalue weighted by molar-refractivity contribution is 5.99. The van der Waals surface area contributed by atoms with Crippen LogP contribution in [0.25, 0.3) is 0 Å². The third-order valence-corrected chi connectivity index (χ3v) is 4.03. The van der Waals surface area contributed by atoms with E-state index < -0.39 is 0 Å². The molecule has 25 heavy (non-hydrogen) atoms. The van der Waals surface area contributed by atoms with Crippen LogP contribution in [0.15, 0.2) is 51.2 Å². The van der Waals surface area contributed by atoms with Gasteiger partial charge in [-0.2, -0.15) is 0 Å². The van der Waals surface area contributed by atoms with E-state index in [1.54, 1.807) is 19.1 Å². The van der Waals surface area contributed by atoms with Crippen LogP contribution in [0.4, 0.5) is 0 Å². The average molecular weight is 345 g/mol. The first-order valence-corrected chi connectivity index (χ1v) is 8.50. The van der Waals surface area contributed by atoms with Crippen LogP contribution in [0.2, 0.25) is 0 Å². The fourth-order valence-corrected chi connectivity index (χ4v) is 2.39. The molecule has 0 aromatic heterocycles. The summed E-state index contributed by atoms with van der Waals surface area (Å²) in [5, 5.41) is 6.12. The van der Waals surface area contributed by atoms with Crippen LogP contribution in [0.3, 0.4) is 0 Å². The molecule has 0 atom stereocenters. The van der Waals surface area contributed by atoms with Gasteiger partial charge in [-0.15, -0.1) is 0 Å². The molecule has 6 N–H and O–H groups in total. The van der Waals surface area contributed by atoms with E-state index in [9.17, 15) is 4.79 Å². The zero-order valence-electron chi connectivity index (χ0n) is 16.0. The molecule has 1 amide bonds. The summed E-state index contributed by atoms with van der Waals surface area (Å²) < 4.78 is 0. The first-order valence-electron chi connectivity index (χ1n) is 8.50. The van der Waals surface area contributed by atoms with Gasteiger partial charge in [-0.25, -0.2) is 4.99 Å². The van der Waals surface area contributed by atoms with Crippen LogP contribution in [-0.2, 0) is 4.79 Å². The van der Waals surface area contributed by atoms with Crippen molar-refractivity contribution in [3.05, 3.63) is 46.2 Å². The van der Waals surface area contributed by atoms with Crippen molar-refractivity contribution in [3.8, 4) is 0 Å². The van der Waals surface area contributed by atoms with Crippen molar-refractivity contribution in [2.24, 2.45) is 16.5 Å². The van der Waals surface area contributed by atoms with E-state index >= 15 is 0 Å². The summed E-state index contributed by atoms with van der Waals surface area (Å²) in [5.41, 5.74) is 14.4. The van der Waals surface area contributed by atoms with Crippen molar-refractivity contribution in [1.82, 2.24) is 10.6 Å². The molecular formula is C19H31N5O. The molecule has 1 aliphatic rings. The van der Waals surface area contributed by atoms with Crippen LogP contribution < -0.4 is 22.1 Å². The number of nitrogens with zero attached hydrogens (tertiary/aromatic N) is 1. The van der Waals surface area contributed by atoms with Crippen LogP contribution in [0.1, 0.15) is 53.9 Å². The van der Waals surface area contributed by atoms with E-state index in [2.05, 4.69) is 29.3 Å². The van der Waals surface area contributed by atoms with Gasteiger partial charge in [-0.05, 0) is 65.8 Å². The zero-order valence-corrected chi connectivity index (χ0v) is 16.0. The highest BCUT2D eigenvalue weighted by Gasteiger charge is 2.38. The number of rotatable bonds is 8. The number of carbonyl (C=O) groups excluding carboxylic acids is 1. The zero-order chi connectivity index (χ0) is 19.2. The first kappa shape index (κ1) is 20.5. The summed E-state index contributed by atoms with van der Waals surface area (Å²) in [5.74, 6) is 0.630. The molecule has 0 saturated heterocycles. The van der Waals surface area contributed by atoms with Crippen LogP contribution >= 0.6 is 0 Å². The standard InChI is InChI=1S/C19H31N5O/c1-7-14(17(22-6)24-19(5)10-11-19)16(12(2)3)18(25)23-15(21)9-8-13(4)20/h8-9,24H,6-7,10-11,20-21H2,1-5H3,(H,23,25)/b13-8-,15-9+,17-14-. The number of hydrogen-bond acceptors (Lipinski definition) is 5. The molecule has 1 fully saturated rings. The van der Waals surface area contributed by atoms with E-state index in [1.165, 1.54) is 0 Å². The summed E-state index contributed by atoms with van der Waals surface area (Å²) in [7, 11) is 0. The van der Waals surface area contributed by atoms with Crippen molar-refractivity contribution in [1.29, 1.82) is 0 Å². The highest BCUT2D eigenvalue weighted by atomic mass is 16.1. The van der Waals surface area contributed by atoms with E-state index in [4.69, 9.17) is 11.5 Å². The number of aliphatic imine (C=N–C) groups is 1. The van der Waals surface area contributed by atoms with Gasteiger partial charge in [0.15, 0.2) is 0 Å². The maximum Gasteiger partial charge on any atom is 0.257 e. The molecule has 1 aliphatic carbocycles. The summed E-state index contributed by atoms with van der Waals surface area (Å²) in [6.45, 7) is 13.3. The normalized spacial score (nSPS) is 17.3. The Kier molecular flexibility index (Phi) is 7.03. The second-order valence-electron chi connectivity index (χ2n) is 6.89. The van der Waals surface area contributed by atoms with Gasteiger partial charge >= 0.3 is 0 Å². The van der Waals surface area contributed by atoms with Gasteiger partial charge in [-0.3, -0.25) is 4.79 Å². The van der Waals surface area contributed by atoms with Crippen molar-refractivity contribution in [2.45, 2.75) is 59.4 Å². The Bertz CT molecular complexity index is 655. The molecule has 0 bridgehead atoms. The Hall–Kier alpha value is -2.50. The van der Waals surface area contributed by atoms with E-state index in [0.29, 0.717) is 23.5 Å². The smallest absolute Gasteiger partial charge is 0.257 e. The predicted molar refractivity (Wildman–Crippen MR) is 104 cm³/mol. The summed E-state index contributed by atoms with van der Waals surface area (Å²) in [6.07, 6.45) is 6.03. The molecule has 0 radical (unpaired) electrons. The van der Waals surface area contributed by atoms with Gasteiger partial charge in [-0.1, -0.05) is 12.5 Å². The van der Waals surface area contributed by atoms with Crippen LogP contribution in [0, 0.1) is 0 Å². The van der Waals surface area contributed by atoms with Crippen LogP contribution in [0.5, 0.6) is 0 Å². The van der Waals surface area contributed by atoms with Crippen LogP contribution in [-0.4, -0.2) is 18.2 Å². The lowest BCUT2D eigenvalue weighted by Gasteiger charge is -2.20. The Labute approximate surface area is 150 Å². The topological polar surface area (TPSA) is 106 Å². The molecular weight excluding hydrogens is 314 g/mol. The Balaban J connectivity index is 3.17. The molecule has 138 valence electrons. The Morgan fingerprint density at radius 3 is 2.24 bits per heavy atom. The molecule has 6 nitrogen and oxygen atoms in total. The second-order valence-corrected chi connectivity index (χ2v) is 6.89. The van der Waals surface area contributed by atoms with Crippen molar-refractivity contribution in [2.75, 3.05) is 0 Å². The molecule has 0 aliphatic heterocycles. The lowest BCUT2D eigenvalue weighted by Crippen LogP contribution is -2.32. The number of carbonyl (C=O) groups is 1. The number of nitrogens with one attached hydrogen (secondary N) is 2. The minimum Gasteiger partial charge on any atom is -0.402 e. The van der Waals surface area contributed by atoms with Gasteiger partial charge in [0, 0.05) is 22.4 Å². The fourth-order valence-electron chi connectivity index (χ4n) is 2.39. The van der Waals surface area contributed by atoms with Crippen molar-refractivity contribution < 1.29 is 4.79 Å². The average Bonchev–Trinajstić information content (AvgIpc) is 3.25. The Morgan fingerprint density at radius 1 is 1.24 bits per heavy atom. The van der Waals surface area contributed by atoms with Gasteiger partial charge in [0.1, 0.15) is 11.6 Å². The second kappa shape index (κ2) is 8.55. The predicted octanol–water partition coefficient (Wildman–Crippen LogP) is 2.57. The molecule has 0 aromatic rings. The number of hydrogen-bond donors (Lipinski definition) is 4. The van der Waals surface area contributed by atoms with E-state index in [-0.39, 0.29) is 17.3 Å². The molecule has 6 heteroatoms. The molecule has 0 unspecified atom stereocenters. The first-order chi connectivity index (χ1) is 11.6. The van der Waals surface area contributed by atoms with Crippen molar-refractivity contribution >= 4 is 12.6 Å². The molecule has 1 rings (SSSR count). The summed E-state index contributed by atoms with van der Waals surface area (Å²) in [6, 6.07) is 0. The molecule has 0 spiro atoms. The van der Waals surface area contributed by atoms with E-state index in [0.717, 1.165) is 24.0 Å². The lowest BCUT2D eigenvalue weighted by atomic mass is 9.97. The largest absolute Gasteiger partial charge is 0.402 e. The van der Waals surface area contributed by atoms with E-state index in [1.807, 2.05) is 20.8 Å². The van der Waals surface area contributed by atoms with Gasteiger partial charge in [0.2, 0.25) is 0 Å². The number of nitrogens with two attached hydrogens (primary N) is 2. The van der Waals surface area contributed by atoms with Crippen molar-refractivity contribution in [3.63, 3.8) is 0 Å². The lowest BCUT2D eigenvalue weighted by molar-refractivity contribution is -0.116. The minimum absolute atomic E-state index is 0.0442. The molecule has 0 aromatic carbocycles. The number of amides is 1. The SMILES string of the molecule is C=N/C(NC1(C)CC1)=C(\CC)C(C(=O)N/C(N)=C/C=C(/C)N)=C(C)C. The molecule has 0 heterocycles. The maximum absolute atomic E-state index is 12.8. The van der Waals surface area contributed by atoms with Gasteiger partial charge in [0.25, 0.3) is 5.91 Å². The van der Waals surface area contributed by atoms with Gasteiger partial charge in [0.05, 0.1) is 0 Å². The summed E-state index contributed by atoms with van der Waals surface area (Å²) >= 11 is 0. The molecule has 1 saturated carbocycles. The number of allylic oxidation sites excluding steroid dienone is 4. The quantitative estimate of drug-likeness (QED) is 0.308. The monoisotopic (exact) mass is 345 g/mol. The third-order valence-electron chi connectivity index (χ3n) is 4.03.